The third kappa shape index (κ3) is 14.6. The Labute approximate surface area is 318 Å². The number of carbonyl (C=O) groups excluding carboxylic acids is 1. The molecule has 1 N–H and O–H groups in total. The Balaban J connectivity index is 0.000000280. The quantitative estimate of drug-likeness (QED) is 0.0356. The highest BCUT2D eigenvalue weighted by Crippen LogP contribution is 2.14. The van der Waals surface area contributed by atoms with Crippen molar-refractivity contribution >= 4 is 33.9 Å². The smallest absolute Gasteiger partial charge is 0.246 e. The van der Waals surface area contributed by atoms with Crippen LogP contribution in [-0.4, -0.2) is 50.3 Å². The van der Waals surface area contributed by atoms with E-state index < -0.39 is 6.15 Å². The summed E-state index contributed by atoms with van der Waals surface area (Å²) in [5.74, 6) is -0.0218. The van der Waals surface area contributed by atoms with Crippen LogP contribution in [0.1, 0.15) is 104 Å². The molecule has 3 nitrogen and oxygen atoms in total. The predicted octanol–water partition coefficient (Wildman–Crippen LogP) is 9.30. The number of nitrogens with one attached hydrogen (secondary N) is 1. The maximum absolute atomic E-state index is 11.5. The van der Waals surface area contributed by atoms with Crippen molar-refractivity contribution in [3.63, 3.8) is 0 Å². The Hall–Kier alpha value is -3.89. The maximum Gasteiger partial charge on any atom is 0.246 e. The van der Waals surface area contributed by atoms with E-state index in [2.05, 4.69) is 154 Å². The Kier molecular flexibility index (Phi) is 19.9. The molecular formula is C48H69BN2O. The van der Waals surface area contributed by atoms with Crippen LogP contribution in [0.2, 0.25) is 0 Å². The maximum atomic E-state index is 11.5. The lowest BCUT2D eigenvalue weighted by Gasteiger charge is -2.44. The van der Waals surface area contributed by atoms with Crippen molar-refractivity contribution in [2.75, 3.05) is 33.7 Å². The third-order valence-electron chi connectivity index (χ3n) is 10.7. The second-order valence-electron chi connectivity index (χ2n) is 15.5. The highest BCUT2D eigenvalue weighted by atomic mass is 16.1. The fourth-order valence-electron chi connectivity index (χ4n) is 7.59. The fraction of sp³-hybridized carbons (Fsp3) is 0.438. The zero-order chi connectivity index (χ0) is 37.3. The number of hydrogen-bond acceptors (Lipinski definition) is 1. The summed E-state index contributed by atoms with van der Waals surface area (Å²) in [5.41, 5.74) is 5.95. The highest BCUT2D eigenvalue weighted by Gasteiger charge is 2.31. The van der Waals surface area contributed by atoms with Gasteiger partial charge in [-0.1, -0.05) is 212 Å². The van der Waals surface area contributed by atoms with E-state index >= 15 is 0 Å². The standard InChI is InChI=1S/C24H20B.C24H48N2O/c1-5-13-21(14-6-1)25(22-15-7-2-8-16-22,23-17-9-3-10-18-23)24-19-11-4-12-20-24;1-6-7-8-9-10-11-12-13-14-15-16-17-18-19-21-26(4,5)22-20-25-24(27)23(2)3/h1-20H;2,6-22H2,1,3-5H3/q-1;/p+1. The van der Waals surface area contributed by atoms with Crippen molar-refractivity contribution in [2.24, 2.45) is 0 Å². The van der Waals surface area contributed by atoms with E-state index in [0.29, 0.717) is 5.57 Å². The van der Waals surface area contributed by atoms with Crippen molar-refractivity contribution in [3.8, 4) is 0 Å². The monoisotopic (exact) mass is 701 g/mol. The number of quaternary nitrogens is 1. The molecule has 4 aromatic carbocycles. The summed E-state index contributed by atoms with van der Waals surface area (Å²) in [6.07, 6.45) is 18.5. The van der Waals surface area contributed by atoms with Crippen LogP contribution >= 0.6 is 0 Å². The van der Waals surface area contributed by atoms with Crippen LogP contribution < -0.4 is 27.2 Å². The molecule has 4 rings (SSSR count). The Morgan fingerprint density at radius 3 is 1.13 bits per heavy atom. The second kappa shape index (κ2) is 24.4. The SMILES string of the molecule is C=C(C)C(=O)NCC[N+](C)(C)CCCCCCCCCCCCCCCC.c1ccc([B-](c2ccccc2)(c2ccccc2)c2ccccc2)cc1. The molecule has 52 heavy (non-hydrogen) atoms. The summed E-state index contributed by atoms with van der Waals surface area (Å²) in [6, 6.07) is 43.5. The van der Waals surface area contributed by atoms with Gasteiger partial charge in [-0.25, -0.2) is 0 Å². The molecule has 1 amide bonds. The van der Waals surface area contributed by atoms with Gasteiger partial charge < -0.3 is 9.80 Å². The van der Waals surface area contributed by atoms with E-state index in [9.17, 15) is 4.79 Å². The molecule has 0 saturated carbocycles. The topological polar surface area (TPSA) is 29.1 Å². The van der Waals surface area contributed by atoms with E-state index in [1.54, 1.807) is 6.92 Å². The molecule has 0 saturated heterocycles. The third-order valence-corrected chi connectivity index (χ3v) is 10.7. The van der Waals surface area contributed by atoms with Gasteiger partial charge in [0.1, 0.15) is 6.15 Å². The first-order chi connectivity index (χ1) is 25.3. The Morgan fingerprint density at radius 1 is 0.519 bits per heavy atom. The minimum absolute atomic E-state index is 0.0218. The molecule has 0 spiro atoms. The number of carbonyl (C=O) groups is 1. The van der Waals surface area contributed by atoms with Gasteiger partial charge in [0.15, 0.2) is 0 Å². The van der Waals surface area contributed by atoms with Crippen LogP contribution in [-0.2, 0) is 4.79 Å². The van der Waals surface area contributed by atoms with Gasteiger partial charge in [0.2, 0.25) is 5.91 Å². The molecular weight excluding hydrogens is 631 g/mol. The Bertz CT molecular complexity index is 1340. The molecule has 0 aliphatic heterocycles. The minimum Gasteiger partial charge on any atom is -0.347 e. The number of rotatable bonds is 23. The summed E-state index contributed by atoms with van der Waals surface area (Å²) in [5, 5.41) is 2.94. The van der Waals surface area contributed by atoms with E-state index in [1.165, 1.54) is 118 Å². The van der Waals surface area contributed by atoms with Gasteiger partial charge >= 0.3 is 0 Å². The molecule has 0 heterocycles. The largest absolute Gasteiger partial charge is 0.347 e. The molecule has 0 radical (unpaired) electrons. The molecule has 0 unspecified atom stereocenters. The van der Waals surface area contributed by atoms with E-state index in [-0.39, 0.29) is 5.91 Å². The molecule has 0 aliphatic rings. The van der Waals surface area contributed by atoms with Gasteiger partial charge in [0.25, 0.3) is 0 Å². The van der Waals surface area contributed by atoms with E-state index in [4.69, 9.17) is 0 Å². The number of unbranched alkanes of at least 4 members (excludes halogenated alkanes) is 13. The van der Waals surface area contributed by atoms with Gasteiger partial charge in [-0.05, 0) is 19.8 Å². The van der Waals surface area contributed by atoms with E-state index in [1.807, 2.05) is 0 Å². The zero-order valence-electron chi connectivity index (χ0n) is 33.2. The van der Waals surface area contributed by atoms with Crippen molar-refractivity contribution in [1.82, 2.24) is 5.32 Å². The van der Waals surface area contributed by atoms with Gasteiger partial charge in [-0.15, -0.1) is 0 Å². The fourth-order valence-corrected chi connectivity index (χ4v) is 7.59. The van der Waals surface area contributed by atoms with Crippen LogP contribution in [0.5, 0.6) is 0 Å². The first-order valence-electron chi connectivity index (χ1n) is 20.4. The summed E-state index contributed by atoms with van der Waals surface area (Å²) in [6.45, 7) is 10.6. The molecule has 4 aromatic rings. The minimum atomic E-state index is -1.22. The Morgan fingerprint density at radius 2 is 0.827 bits per heavy atom. The summed E-state index contributed by atoms with van der Waals surface area (Å²) < 4.78 is 0.981. The second-order valence-corrected chi connectivity index (χ2v) is 15.5. The molecule has 0 atom stereocenters. The normalized spacial score (nSPS) is 11.4. The number of hydrogen-bond donors (Lipinski definition) is 1. The van der Waals surface area contributed by atoms with Crippen molar-refractivity contribution in [1.29, 1.82) is 0 Å². The summed E-state index contributed by atoms with van der Waals surface area (Å²) in [4.78, 5) is 11.5. The number of nitrogens with zero attached hydrogens (tertiary/aromatic N) is 1. The average Bonchev–Trinajstić information content (AvgIpc) is 3.17. The van der Waals surface area contributed by atoms with Crippen LogP contribution in [0.4, 0.5) is 0 Å². The van der Waals surface area contributed by atoms with Crippen LogP contribution in [0.25, 0.3) is 0 Å². The number of likely N-dealkylation sites (N-methyl/N-ethyl adjacent to an activating group) is 1. The molecule has 0 aromatic heterocycles. The molecule has 0 bridgehead atoms. The van der Waals surface area contributed by atoms with Crippen LogP contribution in [0.15, 0.2) is 133 Å². The van der Waals surface area contributed by atoms with Crippen molar-refractivity contribution in [3.05, 3.63) is 133 Å². The number of amides is 1. The molecule has 4 heteroatoms. The van der Waals surface area contributed by atoms with Gasteiger partial charge in [-0.2, -0.15) is 21.9 Å². The average molecular weight is 701 g/mol. The lowest BCUT2D eigenvalue weighted by Crippen LogP contribution is -2.74. The first-order valence-corrected chi connectivity index (χ1v) is 20.4. The molecule has 0 aliphatic carbocycles. The van der Waals surface area contributed by atoms with Crippen molar-refractivity contribution in [2.45, 2.75) is 104 Å². The number of benzene rings is 4. The molecule has 0 fully saturated rings. The van der Waals surface area contributed by atoms with E-state index in [0.717, 1.165) is 17.6 Å². The summed E-state index contributed by atoms with van der Waals surface area (Å²) in [7, 11) is 4.52. The van der Waals surface area contributed by atoms with Crippen molar-refractivity contribution < 1.29 is 9.28 Å². The van der Waals surface area contributed by atoms with Crippen LogP contribution in [0, 0.1) is 0 Å². The first kappa shape index (κ1) is 42.5. The zero-order valence-corrected chi connectivity index (χ0v) is 33.2. The van der Waals surface area contributed by atoms with Crippen LogP contribution in [0.3, 0.4) is 0 Å². The summed E-state index contributed by atoms with van der Waals surface area (Å²) >= 11 is 0. The molecule has 280 valence electrons. The van der Waals surface area contributed by atoms with Gasteiger partial charge in [-0.3, -0.25) is 4.79 Å². The lowest BCUT2D eigenvalue weighted by molar-refractivity contribution is -0.889. The van der Waals surface area contributed by atoms with Gasteiger partial charge in [0.05, 0.1) is 33.7 Å². The van der Waals surface area contributed by atoms with Gasteiger partial charge in [0, 0.05) is 5.57 Å². The predicted molar refractivity (Wildman–Crippen MR) is 230 cm³/mol. The highest BCUT2D eigenvalue weighted by molar-refractivity contribution is 7.19. The lowest BCUT2D eigenvalue weighted by atomic mass is 9.13.